The molecule has 2 rings (SSSR count). The maximum atomic E-state index is 10.7. The molecular weight excluding hydrogens is 192 g/mol. The topological polar surface area (TPSA) is 46.4 Å². The van der Waals surface area contributed by atoms with Gasteiger partial charge in [0.1, 0.15) is 0 Å². The zero-order valence-electron chi connectivity index (χ0n) is 8.77. The molecule has 0 radical (unpaired) electrons. The van der Waals surface area contributed by atoms with Crippen molar-refractivity contribution in [2.75, 3.05) is 18.0 Å². The highest BCUT2D eigenvalue weighted by atomic mass is 16.6. The van der Waals surface area contributed by atoms with E-state index in [4.69, 9.17) is 0 Å². The second-order valence-corrected chi connectivity index (χ2v) is 3.92. The average Bonchev–Trinajstić information content (AvgIpc) is 2.71. The van der Waals surface area contributed by atoms with Crippen molar-refractivity contribution in [2.45, 2.75) is 19.8 Å². The number of anilines is 1. The van der Waals surface area contributed by atoms with Gasteiger partial charge in [0.05, 0.1) is 4.92 Å². The van der Waals surface area contributed by atoms with E-state index in [2.05, 4.69) is 4.90 Å². The van der Waals surface area contributed by atoms with E-state index in [0.29, 0.717) is 0 Å². The summed E-state index contributed by atoms with van der Waals surface area (Å²) in [5.74, 6) is 0. The molecule has 0 atom stereocenters. The van der Waals surface area contributed by atoms with E-state index in [9.17, 15) is 10.1 Å². The Morgan fingerprint density at radius 1 is 1.33 bits per heavy atom. The second kappa shape index (κ2) is 3.88. The standard InChI is InChI=1S/C11H14N2O2/c1-9-4-5-10(13(14)15)8-11(9)12-6-2-3-7-12/h4-5,8H,2-3,6-7H2,1H3. The minimum atomic E-state index is -0.334. The van der Waals surface area contributed by atoms with Crippen LogP contribution in [0.4, 0.5) is 11.4 Å². The van der Waals surface area contributed by atoms with Crippen molar-refractivity contribution in [3.8, 4) is 0 Å². The fourth-order valence-electron chi connectivity index (χ4n) is 2.01. The minimum Gasteiger partial charge on any atom is -0.371 e. The number of non-ortho nitro benzene ring substituents is 1. The van der Waals surface area contributed by atoms with Gasteiger partial charge in [0, 0.05) is 30.9 Å². The summed E-state index contributed by atoms with van der Waals surface area (Å²) in [5.41, 5.74) is 2.31. The van der Waals surface area contributed by atoms with Crippen LogP contribution in [0.2, 0.25) is 0 Å². The van der Waals surface area contributed by atoms with E-state index >= 15 is 0 Å². The molecular formula is C11H14N2O2. The lowest BCUT2D eigenvalue weighted by atomic mass is 10.1. The summed E-state index contributed by atoms with van der Waals surface area (Å²) < 4.78 is 0. The van der Waals surface area contributed by atoms with Crippen molar-refractivity contribution in [3.63, 3.8) is 0 Å². The number of aryl methyl sites for hydroxylation is 1. The Morgan fingerprint density at radius 3 is 2.60 bits per heavy atom. The fraction of sp³-hybridized carbons (Fsp3) is 0.455. The summed E-state index contributed by atoms with van der Waals surface area (Å²) in [6.07, 6.45) is 2.37. The first-order valence-electron chi connectivity index (χ1n) is 5.18. The molecule has 1 heterocycles. The second-order valence-electron chi connectivity index (χ2n) is 3.92. The molecule has 1 aromatic rings. The smallest absolute Gasteiger partial charge is 0.271 e. The van der Waals surface area contributed by atoms with Gasteiger partial charge in [-0.3, -0.25) is 10.1 Å². The van der Waals surface area contributed by atoms with Gasteiger partial charge in [-0.1, -0.05) is 6.07 Å². The van der Waals surface area contributed by atoms with Crippen LogP contribution < -0.4 is 4.90 Å². The third-order valence-corrected chi connectivity index (χ3v) is 2.85. The molecule has 0 aromatic heterocycles. The molecule has 15 heavy (non-hydrogen) atoms. The molecule has 4 nitrogen and oxygen atoms in total. The molecule has 1 aliphatic heterocycles. The SMILES string of the molecule is Cc1ccc([N+](=O)[O-])cc1N1CCCC1. The number of nitro benzene ring substituents is 1. The highest BCUT2D eigenvalue weighted by molar-refractivity contribution is 5.59. The molecule has 0 bridgehead atoms. The van der Waals surface area contributed by atoms with Crippen LogP contribution in [0.5, 0.6) is 0 Å². The normalized spacial score (nSPS) is 15.7. The Bertz CT molecular complexity index is 384. The van der Waals surface area contributed by atoms with Crippen LogP contribution in [-0.2, 0) is 0 Å². The third kappa shape index (κ3) is 1.93. The quantitative estimate of drug-likeness (QED) is 0.551. The molecule has 80 valence electrons. The maximum absolute atomic E-state index is 10.7. The molecule has 0 spiro atoms. The van der Waals surface area contributed by atoms with Gasteiger partial charge >= 0.3 is 0 Å². The summed E-state index contributed by atoms with van der Waals surface area (Å²) >= 11 is 0. The van der Waals surface area contributed by atoms with Crippen LogP contribution in [0.15, 0.2) is 18.2 Å². The largest absolute Gasteiger partial charge is 0.371 e. The summed E-state index contributed by atoms with van der Waals surface area (Å²) in [6, 6.07) is 5.07. The van der Waals surface area contributed by atoms with Crippen LogP contribution in [0.1, 0.15) is 18.4 Å². The number of benzene rings is 1. The van der Waals surface area contributed by atoms with Gasteiger partial charge in [-0.2, -0.15) is 0 Å². The third-order valence-electron chi connectivity index (χ3n) is 2.85. The number of rotatable bonds is 2. The molecule has 1 fully saturated rings. The van der Waals surface area contributed by atoms with Gasteiger partial charge in [-0.05, 0) is 25.3 Å². The van der Waals surface area contributed by atoms with Crippen LogP contribution >= 0.6 is 0 Å². The molecule has 0 N–H and O–H groups in total. The summed E-state index contributed by atoms with van der Waals surface area (Å²) in [6.45, 7) is 4.03. The Balaban J connectivity index is 2.35. The molecule has 1 saturated heterocycles. The van der Waals surface area contributed by atoms with E-state index in [-0.39, 0.29) is 10.6 Å². The molecule has 1 aromatic carbocycles. The lowest BCUT2D eigenvalue weighted by Gasteiger charge is -2.19. The zero-order valence-corrected chi connectivity index (χ0v) is 8.77. The van der Waals surface area contributed by atoms with Gasteiger partial charge < -0.3 is 4.90 Å². The molecule has 1 aliphatic rings. The number of nitrogens with zero attached hydrogens (tertiary/aromatic N) is 2. The number of nitro groups is 1. The number of hydrogen-bond acceptors (Lipinski definition) is 3. The van der Waals surface area contributed by atoms with Crippen molar-refractivity contribution in [2.24, 2.45) is 0 Å². The van der Waals surface area contributed by atoms with Crippen molar-refractivity contribution in [1.29, 1.82) is 0 Å². The van der Waals surface area contributed by atoms with E-state index in [1.165, 1.54) is 12.8 Å². The fourth-order valence-corrected chi connectivity index (χ4v) is 2.01. The van der Waals surface area contributed by atoms with Crippen LogP contribution in [0, 0.1) is 17.0 Å². The Labute approximate surface area is 88.7 Å². The van der Waals surface area contributed by atoms with Crippen molar-refractivity contribution in [3.05, 3.63) is 33.9 Å². The molecule has 4 heteroatoms. The molecule has 0 amide bonds. The van der Waals surface area contributed by atoms with Crippen LogP contribution in [-0.4, -0.2) is 18.0 Å². The van der Waals surface area contributed by atoms with E-state index < -0.39 is 0 Å². The van der Waals surface area contributed by atoms with Gasteiger partial charge in [-0.25, -0.2) is 0 Å². The van der Waals surface area contributed by atoms with E-state index in [1.54, 1.807) is 12.1 Å². The van der Waals surface area contributed by atoms with E-state index in [1.807, 2.05) is 13.0 Å². The summed E-state index contributed by atoms with van der Waals surface area (Å²) in [5, 5.41) is 10.7. The van der Waals surface area contributed by atoms with Crippen LogP contribution in [0.3, 0.4) is 0 Å². The molecule has 0 saturated carbocycles. The number of hydrogen-bond donors (Lipinski definition) is 0. The lowest BCUT2D eigenvalue weighted by Crippen LogP contribution is -2.18. The summed E-state index contributed by atoms with van der Waals surface area (Å²) in [7, 11) is 0. The Kier molecular flexibility index (Phi) is 2.58. The molecule has 0 aliphatic carbocycles. The monoisotopic (exact) mass is 206 g/mol. The van der Waals surface area contributed by atoms with E-state index in [0.717, 1.165) is 24.3 Å². The first-order valence-corrected chi connectivity index (χ1v) is 5.18. The Hall–Kier alpha value is -1.58. The van der Waals surface area contributed by atoms with Gasteiger partial charge in [0.2, 0.25) is 0 Å². The van der Waals surface area contributed by atoms with Crippen molar-refractivity contribution < 1.29 is 4.92 Å². The van der Waals surface area contributed by atoms with Crippen LogP contribution in [0.25, 0.3) is 0 Å². The van der Waals surface area contributed by atoms with Gasteiger partial charge in [0.25, 0.3) is 5.69 Å². The predicted molar refractivity (Wildman–Crippen MR) is 59.3 cm³/mol. The first kappa shape index (κ1) is 9.96. The first-order chi connectivity index (χ1) is 7.18. The Morgan fingerprint density at radius 2 is 2.00 bits per heavy atom. The van der Waals surface area contributed by atoms with Gasteiger partial charge in [-0.15, -0.1) is 0 Å². The average molecular weight is 206 g/mol. The zero-order chi connectivity index (χ0) is 10.8. The highest BCUT2D eigenvalue weighted by Gasteiger charge is 2.17. The maximum Gasteiger partial charge on any atom is 0.271 e. The lowest BCUT2D eigenvalue weighted by molar-refractivity contribution is -0.384. The van der Waals surface area contributed by atoms with Crippen molar-refractivity contribution in [1.82, 2.24) is 0 Å². The van der Waals surface area contributed by atoms with Gasteiger partial charge in [0.15, 0.2) is 0 Å². The summed E-state index contributed by atoms with van der Waals surface area (Å²) in [4.78, 5) is 12.6. The minimum absolute atomic E-state index is 0.183. The predicted octanol–water partition coefficient (Wildman–Crippen LogP) is 2.50. The highest BCUT2D eigenvalue weighted by Crippen LogP contribution is 2.28. The molecule has 0 unspecified atom stereocenters. The van der Waals surface area contributed by atoms with Crippen molar-refractivity contribution >= 4 is 11.4 Å².